The maximum Gasteiger partial charge on any atom is 0.346 e. The van der Waals surface area contributed by atoms with Crippen molar-refractivity contribution in [1.82, 2.24) is 0 Å². The van der Waals surface area contributed by atoms with Gasteiger partial charge in [0.15, 0.2) is 0 Å². The molecule has 0 saturated heterocycles. The number of hydrogen-bond acceptors (Lipinski definition) is 4. The van der Waals surface area contributed by atoms with Crippen LogP contribution in [0.4, 0.5) is 11.4 Å². The number of carboxylic acids is 2. The molecular formula is C42H50N2O4. The van der Waals surface area contributed by atoms with E-state index < -0.39 is 17.4 Å². The highest BCUT2D eigenvalue weighted by Gasteiger charge is 2.38. The van der Waals surface area contributed by atoms with Gasteiger partial charge in [-0.2, -0.15) is 5.26 Å². The molecule has 0 fully saturated rings. The Labute approximate surface area is 286 Å². The van der Waals surface area contributed by atoms with Gasteiger partial charge in [0, 0.05) is 23.3 Å². The molecular weight excluding hydrogens is 596 g/mol. The summed E-state index contributed by atoms with van der Waals surface area (Å²) in [6.45, 7) is 12.3. The predicted octanol–water partition coefficient (Wildman–Crippen LogP) is 10.9. The SMILES string of the molecule is CCCCC1C(CCC)c2cc(/C=C(\C#N)C(=O)O)ccc2N1c1ccc(-c2ccc(C=CC(C)(C)CCC(C)(C)C(=O)O)cc2)cc1. The summed E-state index contributed by atoms with van der Waals surface area (Å²) in [5.74, 6) is -1.66. The van der Waals surface area contributed by atoms with Gasteiger partial charge in [-0.25, -0.2) is 4.79 Å². The molecule has 2 atom stereocenters. The third-order valence-corrected chi connectivity index (χ3v) is 9.71. The van der Waals surface area contributed by atoms with E-state index in [1.54, 1.807) is 19.9 Å². The number of aliphatic carboxylic acids is 2. The second kappa shape index (κ2) is 15.5. The molecule has 0 spiro atoms. The lowest BCUT2D eigenvalue weighted by molar-refractivity contribution is -0.147. The molecule has 3 aromatic rings. The van der Waals surface area contributed by atoms with Crippen molar-refractivity contribution in [3.8, 4) is 17.2 Å². The highest BCUT2D eigenvalue weighted by atomic mass is 16.4. The van der Waals surface area contributed by atoms with Gasteiger partial charge >= 0.3 is 11.9 Å². The van der Waals surface area contributed by atoms with Gasteiger partial charge in [-0.15, -0.1) is 0 Å². The number of nitriles is 1. The van der Waals surface area contributed by atoms with Crippen molar-refractivity contribution in [2.75, 3.05) is 4.90 Å². The van der Waals surface area contributed by atoms with Crippen LogP contribution < -0.4 is 4.90 Å². The Bertz CT molecular complexity index is 1690. The molecule has 0 amide bonds. The van der Waals surface area contributed by atoms with Crippen LogP contribution in [-0.4, -0.2) is 28.2 Å². The number of hydrogen-bond donors (Lipinski definition) is 2. The summed E-state index contributed by atoms with van der Waals surface area (Å²) in [4.78, 5) is 25.5. The molecule has 4 rings (SSSR count). The van der Waals surface area contributed by atoms with Gasteiger partial charge in [0.25, 0.3) is 0 Å². The number of nitrogens with zero attached hydrogens (tertiary/aromatic N) is 2. The van der Waals surface area contributed by atoms with Crippen molar-refractivity contribution >= 4 is 35.5 Å². The van der Waals surface area contributed by atoms with Crippen molar-refractivity contribution in [3.63, 3.8) is 0 Å². The van der Waals surface area contributed by atoms with Gasteiger partial charge in [0.1, 0.15) is 11.6 Å². The van der Waals surface area contributed by atoms with E-state index in [-0.39, 0.29) is 11.0 Å². The van der Waals surface area contributed by atoms with Crippen molar-refractivity contribution in [3.05, 3.63) is 95.1 Å². The van der Waals surface area contributed by atoms with Crippen molar-refractivity contribution in [1.29, 1.82) is 5.26 Å². The molecule has 6 heteroatoms. The van der Waals surface area contributed by atoms with Gasteiger partial charge in [0.05, 0.1) is 5.41 Å². The van der Waals surface area contributed by atoms with Crippen LogP contribution in [0.1, 0.15) is 109 Å². The van der Waals surface area contributed by atoms with E-state index in [1.807, 2.05) is 6.07 Å². The van der Waals surface area contributed by atoms with Crippen molar-refractivity contribution < 1.29 is 19.8 Å². The molecule has 0 radical (unpaired) electrons. The fraction of sp³-hybridized carbons (Fsp3) is 0.405. The molecule has 0 aromatic heterocycles. The Morgan fingerprint density at radius 1 is 0.854 bits per heavy atom. The quantitative estimate of drug-likeness (QED) is 0.126. The number of carboxylic acid groups (broad SMARTS) is 2. The van der Waals surface area contributed by atoms with Crippen LogP contribution in [0.2, 0.25) is 0 Å². The van der Waals surface area contributed by atoms with Crippen LogP contribution in [0, 0.1) is 22.2 Å². The Morgan fingerprint density at radius 3 is 2.04 bits per heavy atom. The minimum Gasteiger partial charge on any atom is -0.481 e. The van der Waals surface area contributed by atoms with Crippen LogP contribution in [0.5, 0.6) is 0 Å². The largest absolute Gasteiger partial charge is 0.481 e. The molecule has 3 aromatic carbocycles. The zero-order valence-corrected chi connectivity index (χ0v) is 29.3. The van der Waals surface area contributed by atoms with Gasteiger partial charge in [-0.3, -0.25) is 4.79 Å². The number of carbonyl (C=O) groups is 2. The first-order chi connectivity index (χ1) is 22.8. The fourth-order valence-corrected chi connectivity index (χ4v) is 6.53. The molecule has 1 aliphatic heterocycles. The Balaban J connectivity index is 1.57. The molecule has 252 valence electrons. The van der Waals surface area contributed by atoms with Crippen molar-refractivity contribution in [2.24, 2.45) is 10.8 Å². The van der Waals surface area contributed by atoms with E-state index >= 15 is 0 Å². The summed E-state index contributed by atoms with van der Waals surface area (Å²) >= 11 is 0. The van der Waals surface area contributed by atoms with Crippen LogP contribution in [-0.2, 0) is 9.59 Å². The zero-order chi connectivity index (χ0) is 35.1. The lowest BCUT2D eigenvalue weighted by atomic mass is 9.78. The van der Waals surface area contributed by atoms with E-state index in [9.17, 15) is 25.1 Å². The van der Waals surface area contributed by atoms with E-state index in [2.05, 4.69) is 105 Å². The van der Waals surface area contributed by atoms with E-state index in [4.69, 9.17) is 0 Å². The second-order valence-corrected chi connectivity index (χ2v) is 14.4. The number of benzene rings is 3. The van der Waals surface area contributed by atoms with Crippen LogP contribution in [0.15, 0.2) is 78.4 Å². The third kappa shape index (κ3) is 8.63. The van der Waals surface area contributed by atoms with Crippen LogP contribution in [0.3, 0.4) is 0 Å². The standard InChI is InChI=1S/C42H50N2O4/c1-7-9-11-37-35(10-8-2)36-27-30(26-33(28-43)39(45)46)14-21-38(36)44(37)34-19-17-32(18-20-34)31-15-12-29(13-16-31)22-23-41(3,4)24-25-42(5,6)40(47)48/h12-23,26-27,35,37H,7-11,24-25H2,1-6H3,(H,45,46)(H,47,48)/b23-22?,33-26+. The lowest BCUT2D eigenvalue weighted by Gasteiger charge is -2.31. The minimum atomic E-state index is -1.21. The first kappa shape index (κ1) is 36.2. The minimum absolute atomic E-state index is 0.114. The number of fused-ring (bicyclic) bond motifs is 1. The van der Waals surface area contributed by atoms with E-state index in [0.29, 0.717) is 18.4 Å². The Kier molecular flexibility index (Phi) is 11.7. The normalized spacial score (nSPS) is 16.6. The molecule has 2 unspecified atom stereocenters. The molecule has 2 N–H and O–H groups in total. The average molecular weight is 647 g/mol. The maximum absolute atomic E-state index is 11.5. The Morgan fingerprint density at radius 2 is 1.48 bits per heavy atom. The summed E-state index contributed by atoms with van der Waals surface area (Å²) in [6, 6.07) is 25.5. The molecule has 6 nitrogen and oxygen atoms in total. The monoisotopic (exact) mass is 646 g/mol. The summed E-state index contributed by atoms with van der Waals surface area (Å²) < 4.78 is 0. The smallest absolute Gasteiger partial charge is 0.346 e. The fourth-order valence-electron chi connectivity index (χ4n) is 6.53. The number of anilines is 2. The molecule has 0 bridgehead atoms. The summed E-state index contributed by atoms with van der Waals surface area (Å²) in [5, 5.41) is 28.2. The highest BCUT2D eigenvalue weighted by molar-refractivity contribution is 5.96. The summed E-state index contributed by atoms with van der Waals surface area (Å²) in [5.41, 5.74) is 6.52. The predicted molar refractivity (Wildman–Crippen MR) is 196 cm³/mol. The molecule has 1 heterocycles. The zero-order valence-electron chi connectivity index (χ0n) is 29.3. The van der Waals surface area contributed by atoms with Crippen LogP contribution in [0.25, 0.3) is 23.3 Å². The highest BCUT2D eigenvalue weighted by Crippen LogP contribution is 2.49. The van der Waals surface area contributed by atoms with Gasteiger partial charge in [0.2, 0.25) is 0 Å². The van der Waals surface area contributed by atoms with E-state index in [1.165, 1.54) is 11.6 Å². The molecule has 48 heavy (non-hydrogen) atoms. The lowest BCUT2D eigenvalue weighted by Crippen LogP contribution is -2.30. The van der Waals surface area contributed by atoms with Gasteiger partial charge < -0.3 is 15.1 Å². The van der Waals surface area contributed by atoms with E-state index in [0.717, 1.165) is 72.2 Å². The second-order valence-electron chi connectivity index (χ2n) is 14.4. The summed E-state index contributed by atoms with van der Waals surface area (Å²) in [7, 11) is 0. The first-order valence-electron chi connectivity index (χ1n) is 17.2. The average Bonchev–Trinajstić information content (AvgIpc) is 3.36. The van der Waals surface area contributed by atoms with Crippen molar-refractivity contribution in [2.45, 2.75) is 98.4 Å². The number of unbranched alkanes of at least 4 members (excludes halogenated alkanes) is 1. The maximum atomic E-state index is 11.5. The summed E-state index contributed by atoms with van der Waals surface area (Å²) in [6.07, 6.45) is 12.5. The van der Waals surface area contributed by atoms with Gasteiger partial charge in [-0.1, -0.05) is 102 Å². The third-order valence-electron chi connectivity index (χ3n) is 9.71. The van der Waals surface area contributed by atoms with Gasteiger partial charge in [-0.05, 0) is 103 Å². The number of allylic oxidation sites excluding steroid dienone is 1. The topological polar surface area (TPSA) is 102 Å². The number of rotatable bonds is 15. The Hall–Kier alpha value is -4.63. The van der Waals surface area contributed by atoms with Crippen LogP contribution >= 0.6 is 0 Å². The molecule has 1 aliphatic rings. The molecule has 0 saturated carbocycles. The first-order valence-corrected chi connectivity index (χ1v) is 17.2. The molecule has 0 aliphatic carbocycles.